The van der Waals surface area contributed by atoms with E-state index in [1.165, 1.54) is 6.07 Å². The van der Waals surface area contributed by atoms with Crippen LogP contribution in [0.4, 0.5) is 20.6 Å². The van der Waals surface area contributed by atoms with Crippen LogP contribution in [0.25, 0.3) is 0 Å². The predicted molar refractivity (Wildman–Crippen MR) is 95.4 cm³/mol. The molecule has 128 valence electrons. The van der Waals surface area contributed by atoms with Gasteiger partial charge in [0.05, 0.1) is 16.7 Å². The van der Waals surface area contributed by atoms with Crippen LogP contribution in [0.1, 0.15) is 5.56 Å². The number of nitrogens with zero attached hydrogens (tertiary/aromatic N) is 3. The Morgan fingerprint density at radius 2 is 1.80 bits per heavy atom. The van der Waals surface area contributed by atoms with Gasteiger partial charge in [-0.3, -0.25) is 0 Å². The number of hydrogen-bond donors (Lipinski definition) is 1. The van der Waals surface area contributed by atoms with Crippen molar-refractivity contribution in [3.63, 3.8) is 0 Å². The molecule has 1 fully saturated rings. The van der Waals surface area contributed by atoms with Crippen LogP contribution < -0.4 is 10.2 Å². The van der Waals surface area contributed by atoms with Crippen LogP contribution in [-0.2, 0) is 0 Å². The Balaban J connectivity index is 1.56. The molecular formula is C18H16ClFN4O. The fourth-order valence-electron chi connectivity index (χ4n) is 2.68. The number of carbonyl (C=O) groups excluding carboxylic acids is 1. The standard InChI is InChI=1S/C18H16ClFN4O/c19-16-11-15(5-6-17(16)20)23-7-9-24(10-8-23)18(25)22-14-3-1-13(12-21)2-4-14/h1-6,11H,7-10H2,(H,22,25). The number of halogens is 2. The topological polar surface area (TPSA) is 59.4 Å². The maximum absolute atomic E-state index is 13.3. The van der Waals surface area contributed by atoms with Crippen molar-refractivity contribution in [1.82, 2.24) is 4.90 Å². The van der Waals surface area contributed by atoms with E-state index in [2.05, 4.69) is 10.2 Å². The van der Waals surface area contributed by atoms with Gasteiger partial charge in [-0.2, -0.15) is 5.26 Å². The van der Waals surface area contributed by atoms with Gasteiger partial charge < -0.3 is 15.1 Å². The number of rotatable bonds is 2. The minimum absolute atomic E-state index is 0.0958. The SMILES string of the molecule is N#Cc1ccc(NC(=O)N2CCN(c3ccc(F)c(Cl)c3)CC2)cc1. The molecule has 2 aromatic carbocycles. The van der Waals surface area contributed by atoms with Gasteiger partial charge in [0.25, 0.3) is 0 Å². The minimum Gasteiger partial charge on any atom is -0.368 e. The van der Waals surface area contributed by atoms with Crippen molar-refractivity contribution in [3.05, 3.63) is 58.9 Å². The monoisotopic (exact) mass is 358 g/mol. The molecule has 1 N–H and O–H groups in total. The smallest absolute Gasteiger partial charge is 0.321 e. The lowest BCUT2D eigenvalue weighted by Gasteiger charge is -2.36. The molecule has 0 aliphatic carbocycles. The van der Waals surface area contributed by atoms with Crippen molar-refractivity contribution >= 4 is 29.0 Å². The third-order valence-electron chi connectivity index (χ3n) is 4.10. The van der Waals surface area contributed by atoms with Gasteiger partial charge in [-0.25, -0.2) is 9.18 Å². The van der Waals surface area contributed by atoms with Crippen LogP contribution in [0.5, 0.6) is 0 Å². The van der Waals surface area contributed by atoms with Crippen molar-refractivity contribution < 1.29 is 9.18 Å². The van der Waals surface area contributed by atoms with Crippen LogP contribution in [0.2, 0.25) is 5.02 Å². The third kappa shape index (κ3) is 4.01. The summed E-state index contributed by atoms with van der Waals surface area (Å²) >= 11 is 5.83. The quantitative estimate of drug-likeness (QED) is 0.890. The first-order chi connectivity index (χ1) is 12.1. The summed E-state index contributed by atoms with van der Waals surface area (Å²) in [5, 5.41) is 11.7. The van der Waals surface area contributed by atoms with Gasteiger partial charge in [0, 0.05) is 37.6 Å². The first kappa shape index (κ1) is 17.1. The van der Waals surface area contributed by atoms with Crippen LogP contribution in [0.3, 0.4) is 0 Å². The van der Waals surface area contributed by atoms with Gasteiger partial charge in [-0.1, -0.05) is 11.6 Å². The highest BCUT2D eigenvalue weighted by atomic mass is 35.5. The number of benzene rings is 2. The first-order valence-electron chi connectivity index (χ1n) is 7.83. The maximum atomic E-state index is 13.3. The molecule has 2 aromatic rings. The Hall–Kier alpha value is -2.78. The Labute approximate surface area is 150 Å². The Kier molecular flexibility index (Phi) is 5.05. The molecule has 2 amide bonds. The fraction of sp³-hybridized carbons (Fsp3) is 0.222. The molecule has 0 unspecified atom stereocenters. The summed E-state index contributed by atoms with van der Waals surface area (Å²) in [5.74, 6) is -0.439. The summed E-state index contributed by atoms with van der Waals surface area (Å²) in [4.78, 5) is 16.1. The molecular weight excluding hydrogens is 343 g/mol. The molecule has 1 saturated heterocycles. The van der Waals surface area contributed by atoms with Gasteiger partial charge in [0.1, 0.15) is 5.82 Å². The Morgan fingerprint density at radius 1 is 1.12 bits per heavy atom. The number of carbonyl (C=O) groups is 1. The number of hydrogen-bond acceptors (Lipinski definition) is 3. The van der Waals surface area contributed by atoms with Gasteiger partial charge in [-0.05, 0) is 42.5 Å². The average molecular weight is 359 g/mol. The summed E-state index contributed by atoms with van der Waals surface area (Å²) in [6, 6.07) is 13.2. The number of nitrogens with one attached hydrogen (secondary N) is 1. The molecule has 3 rings (SSSR count). The third-order valence-corrected chi connectivity index (χ3v) is 4.39. The largest absolute Gasteiger partial charge is 0.368 e. The summed E-state index contributed by atoms with van der Waals surface area (Å²) in [6.07, 6.45) is 0. The van der Waals surface area contributed by atoms with E-state index in [4.69, 9.17) is 16.9 Å². The number of anilines is 2. The number of nitriles is 1. The zero-order chi connectivity index (χ0) is 17.8. The molecule has 0 atom stereocenters. The summed E-state index contributed by atoms with van der Waals surface area (Å²) < 4.78 is 13.3. The molecule has 1 aliphatic heterocycles. The van der Waals surface area contributed by atoms with Crippen molar-refractivity contribution in [1.29, 1.82) is 5.26 Å². The Bertz CT molecular complexity index is 811. The average Bonchev–Trinajstić information content (AvgIpc) is 2.65. The molecule has 0 spiro atoms. The molecule has 25 heavy (non-hydrogen) atoms. The lowest BCUT2D eigenvalue weighted by molar-refractivity contribution is 0.208. The van der Waals surface area contributed by atoms with E-state index in [0.717, 1.165) is 5.69 Å². The highest BCUT2D eigenvalue weighted by Crippen LogP contribution is 2.23. The van der Waals surface area contributed by atoms with E-state index in [1.54, 1.807) is 41.3 Å². The molecule has 1 aliphatic rings. The zero-order valence-electron chi connectivity index (χ0n) is 13.4. The molecule has 1 heterocycles. The number of amides is 2. The van der Waals surface area contributed by atoms with Gasteiger partial charge in [0.15, 0.2) is 0 Å². The Morgan fingerprint density at radius 3 is 2.40 bits per heavy atom. The highest BCUT2D eigenvalue weighted by Gasteiger charge is 2.21. The lowest BCUT2D eigenvalue weighted by atomic mass is 10.2. The maximum Gasteiger partial charge on any atom is 0.321 e. The summed E-state index contributed by atoms with van der Waals surface area (Å²) in [5.41, 5.74) is 2.04. The van der Waals surface area contributed by atoms with Gasteiger partial charge >= 0.3 is 6.03 Å². The second kappa shape index (κ2) is 7.41. The number of urea groups is 1. The number of piperazine rings is 1. The lowest BCUT2D eigenvalue weighted by Crippen LogP contribution is -2.50. The van der Waals surface area contributed by atoms with Gasteiger partial charge in [0.2, 0.25) is 0 Å². The normalized spacial score (nSPS) is 14.1. The second-order valence-corrected chi connectivity index (χ2v) is 6.10. The van der Waals surface area contributed by atoms with Crippen LogP contribution in [0.15, 0.2) is 42.5 Å². The molecule has 5 nitrogen and oxygen atoms in total. The van der Waals surface area contributed by atoms with Crippen LogP contribution in [-0.4, -0.2) is 37.1 Å². The molecule has 0 radical (unpaired) electrons. The molecule has 0 aromatic heterocycles. The van der Waals surface area contributed by atoms with Gasteiger partial charge in [-0.15, -0.1) is 0 Å². The van der Waals surface area contributed by atoms with Crippen molar-refractivity contribution in [2.75, 3.05) is 36.4 Å². The predicted octanol–water partition coefficient (Wildman–Crippen LogP) is 3.70. The molecule has 0 bridgehead atoms. The van der Waals surface area contributed by atoms with E-state index in [1.807, 2.05) is 6.07 Å². The zero-order valence-corrected chi connectivity index (χ0v) is 14.1. The fourth-order valence-corrected chi connectivity index (χ4v) is 2.85. The summed E-state index contributed by atoms with van der Waals surface area (Å²) in [6.45, 7) is 2.39. The van der Waals surface area contributed by atoms with Crippen molar-refractivity contribution in [2.24, 2.45) is 0 Å². The van der Waals surface area contributed by atoms with Crippen LogP contribution >= 0.6 is 11.6 Å². The first-order valence-corrected chi connectivity index (χ1v) is 8.21. The van der Waals surface area contributed by atoms with Crippen molar-refractivity contribution in [2.45, 2.75) is 0 Å². The van der Waals surface area contributed by atoms with Crippen molar-refractivity contribution in [3.8, 4) is 6.07 Å². The van der Waals surface area contributed by atoms with E-state index in [0.29, 0.717) is 37.4 Å². The van der Waals surface area contributed by atoms with Crippen LogP contribution in [0, 0.1) is 17.1 Å². The minimum atomic E-state index is -0.439. The second-order valence-electron chi connectivity index (χ2n) is 5.69. The van der Waals surface area contributed by atoms with E-state index >= 15 is 0 Å². The van der Waals surface area contributed by atoms with E-state index < -0.39 is 5.82 Å². The molecule has 7 heteroatoms. The highest BCUT2D eigenvalue weighted by molar-refractivity contribution is 6.31. The summed E-state index contributed by atoms with van der Waals surface area (Å²) in [7, 11) is 0. The van der Waals surface area contributed by atoms with E-state index in [9.17, 15) is 9.18 Å². The molecule has 0 saturated carbocycles. The van der Waals surface area contributed by atoms with E-state index in [-0.39, 0.29) is 11.1 Å².